The van der Waals surface area contributed by atoms with Crippen molar-refractivity contribution < 1.29 is 19.4 Å². The van der Waals surface area contributed by atoms with E-state index in [9.17, 15) is 14.7 Å². The van der Waals surface area contributed by atoms with Gasteiger partial charge in [-0.25, -0.2) is 4.79 Å². The highest BCUT2D eigenvalue weighted by Gasteiger charge is 2.24. The number of carboxylic acids is 1. The summed E-state index contributed by atoms with van der Waals surface area (Å²) >= 11 is 0. The lowest BCUT2D eigenvalue weighted by atomic mass is 9.85. The molecule has 1 amide bonds. The van der Waals surface area contributed by atoms with Gasteiger partial charge in [-0.15, -0.1) is 0 Å². The molecule has 0 radical (unpaired) electrons. The van der Waals surface area contributed by atoms with Crippen molar-refractivity contribution in [2.45, 2.75) is 52.1 Å². The van der Waals surface area contributed by atoms with Gasteiger partial charge in [0.15, 0.2) is 0 Å². The molecule has 1 saturated carbocycles. The molecule has 1 fully saturated rings. The Kier molecular flexibility index (Phi) is 5.77. The van der Waals surface area contributed by atoms with E-state index < -0.39 is 5.97 Å². The van der Waals surface area contributed by atoms with Crippen LogP contribution in [-0.2, 0) is 9.53 Å². The molecule has 23 heavy (non-hydrogen) atoms. The number of rotatable bonds is 5. The van der Waals surface area contributed by atoms with Gasteiger partial charge in [0.05, 0.1) is 11.7 Å². The van der Waals surface area contributed by atoms with E-state index in [1.165, 1.54) is 0 Å². The van der Waals surface area contributed by atoms with Crippen LogP contribution in [0.3, 0.4) is 0 Å². The molecule has 0 spiro atoms. The molecule has 2 rings (SSSR count). The van der Waals surface area contributed by atoms with Gasteiger partial charge in [0.1, 0.15) is 0 Å². The number of carbonyl (C=O) groups excluding carboxylic acids is 1. The van der Waals surface area contributed by atoms with Crippen LogP contribution >= 0.6 is 0 Å². The molecule has 1 aromatic carbocycles. The number of hydrogen-bond acceptors (Lipinski definition) is 3. The van der Waals surface area contributed by atoms with Crippen LogP contribution < -0.4 is 5.32 Å². The van der Waals surface area contributed by atoms with E-state index in [0.29, 0.717) is 23.6 Å². The molecule has 1 aromatic rings. The lowest BCUT2D eigenvalue weighted by Gasteiger charge is -2.27. The molecule has 1 aliphatic rings. The van der Waals surface area contributed by atoms with Gasteiger partial charge in [-0.05, 0) is 56.2 Å². The predicted octanol–water partition coefficient (Wildman–Crippen LogP) is 3.54. The zero-order valence-corrected chi connectivity index (χ0v) is 14.0. The van der Waals surface area contributed by atoms with Crippen LogP contribution in [-0.4, -0.2) is 30.2 Å². The minimum absolute atomic E-state index is 0.0601. The summed E-state index contributed by atoms with van der Waals surface area (Å²) in [6, 6.07) is 3.34. The molecule has 0 bridgehead atoms. The zero-order valence-electron chi connectivity index (χ0n) is 14.0. The van der Waals surface area contributed by atoms with Crippen LogP contribution in [0.15, 0.2) is 12.1 Å². The maximum Gasteiger partial charge on any atom is 0.336 e. The zero-order chi connectivity index (χ0) is 17.0. The number of amides is 1. The first-order valence-corrected chi connectivity index (χ1v) is 8.08. The molecule has 0 aliphatic heterocycles. The molecule has 2 unspecified atom stereocenters. The molecular weight excluding hydrogens is 294 g/mol. The van der Waals surface area contributed by atoms with E-state index in [1.807, 2.05) is 6.92 Å². The largest absolute Gasteiger partial charge is 0.478 e. The monoisotopic (exact) mass is 319 g/mol. The average molecular weight is 319 g/mol. The summed E-state index contributed by atoms with van der Waals surface area (Å²) in [6.45, 7) is 3.63. The molecule has 2 atom stereocenters. The number of methoxy groups -OCH3 is 1. The van der Waals surface area contributed by atoms with Crippen LogP contribution in [0.4, 0.5) is 5.69 Å². The number of benzene rings is 1. The molecule has 2 N–H and O–H groups in total. The highest BCUT2D eigenvalue weighted by molar-refractivity contribution is 5.95. The standard InChI is InChI=1S/C18H25NO4/c1-11-7-12(2)16(10-15(11)18(21)22)19-17(20)9-13-5-4-6-14(8-13)23-3/h7,10,13-14H,4-6,8-9H2,1-3H3,(H,19,20)(H,21,22). The number of nitrogens with one attached hydrogen (secondary N) is 1. The van der Waals surface area contributed by atoms with Crippen molar-refractivity contribution in [1.82, 2.24) is 0 Å². The van der Waals surface area contributed by atoms with E-state index in [2.05, 4.69) is 5.32 Å². The van der Waals surface area contributed by atoms with Gasteiger partial charge in [-0.1, -0.05) is 12.5 Å². The van der Waals surface area contributed by atoms with E-state index in [1.54, 1.807) is 26.2 Å². The van der Waals surface area contributed by atoms with Crippen LogP contribution in [0.2, 0.25) is 0 Å². The SMILES string of the molecule is COC1CCCC(CC(=O)Nc2cc(C(=O)O)c(C)cc2C)C1. The van der Waals surface area contributed by atoms with Crippen molar-refractivity contribution in [3.63, 3.8) is 0 Å². The van der Waals surface area contributed by atoms with Crippen molar-refractivity contribution >= 4 is 17.6 Å². The number of carboxylic acid groups (broad SMARTS) is 1. The van der Waals surface area contributed by atoms with Gasteiger partial charge in [-0.3, -0.25) is 4.79 Å². The summed E-state index contributed by atoms with van der Waals surface area (Å²) < 4.78 is 5.40. The van der Waals surface area contributed by atoms with Crippen LogP contribution in [0.1, 0.15) is 53.6 Å². The maximum absolute atomic E-state index is 12.3. The van der Waals surface area contributed by atoms with Crippen molar-refractivity contribution in [2.24, 2.45) is 5.92 Å². The van der Waals surface area contributed by atoms with Crippen molar-refractivity contribution in [3.8, 4) is 0 Å². The first-order valence-electron chi connectivity index (χ1n) is 8.08. The smallest absolute Gasteiger partial charge is 0.336 e. The Balaban J connectivity index is 2.02. The fraction of sp³-hybridized carbons (Fsp3) is 0.556. The summed E-state index contributed by atoms with van der Waals surface area (Å²) in [4.78, 5) is 23.5. The summed E-state index contributed by atoms with van der Waals surface area (Å²) in [7, 11) is 1.72. The highest BCUT2D eigenvalue weighted by atomic mass is 16.5. The molecule has 0 heterocycles. The second-order valence-corrected chi connectivity index (χ2v) is 6.43. The number of aryl methyl sites for hydroxylation is 2. The first kappa shape index (κ1) is 17.5. The highest BCUT2D eigenvalue weighted by Crippen LogP contribution is 2.29. The predicted molar refractivity (Wildman–Crippen MR) is 88.9 cm³/mol. The van der Waals surface area contributed by atoms with Gasteiger partial charge >= 0.3 is 5.97 Å². The number of ether oxygens (including phenoxy) is 1. The van der Waals surface area contributed by atoms with Crippen molar-refractivity contribution in [2.75, 3.05) is 12.4 Å². The fourth-order valence-electron chi connectivity index (χ4n) is 3.32. The third-order valence-corrected chi connectivity index (χ3v) is 4.62. The summed E-state index contributed by atoms with van der Waals surface area (Å²) in [5, 5.41) is 12.1. The van der Waals surface area contributed by atoms with Crippen molar-refractivity contribution in [1.29, 1.82) is 0 Å². The van der Waals surface area contributed by atoms with Gasteiger partial charge in [-0.2, -0.15) is 0 Å². The van der Waals surface area contributed by atoms with Crippen LogP contribution in [0.25, 0.3) is 0 Å². The minimum atomic E-state index is -0.979. The molecule has 1 aliphatic carbocycles. The Labute approximate surface area is 137 Å². The Morgan fingerprint density at radius 2 is 2.00 bits per heavy atom. The number of aromatic carboxylic acids is 1. The number of carbonyl (C=O) groups is 2. The van der Waals surface area contributed by atoms with Crippen molar-refractivity contribution in [3.05, 3.63) is 28.8 Å². The Morgan fingerprint density at radius 3 is 2.65 bits per heavy atom. The van der Waals surface area contributed by atoms with Gasteiger partial charge in [0.25, 0.3) is 0 Å². The molecule has 126 valence electrons. The third-order valence-electron chi connectivity index (χ3n) is 4.62. The lowest BCUT2D eigenvalue weighted by Crippen LogP contribution is -2.25. The first-order chi connectivity index (χ1) is 10.9. The number of hydrogen-bond donors (Lipinski definition) is 2. The third kappa shape index (κ3) is 4.55. The molecule has 5 nitrogen and oxygen atoms in total. The molecular formula is C18H25NO4. The average Bonchev–Trinajstić information content (AvgIpc) is 2.49. The van der Waals surface area contributed by atoms with E-state index in [4.69, 9.17) is 4.74 Å². The Hall–Kier alpha value is -1.88. The van der Waals surface area contributed by atoms with Gasteiger partial charge in [0.2, 0.25) is 5.91 Å². The summed E-state index contributed by atoms with van der Waals surface area (Å²) in [6.07, 6.45) is 4.81. The second-order valence-electron chi connectivity index (χ2n) is 6.43. The molecule has 0 aromatic heterocycles. The van der Waals surface area contributed by atoms with E-state index in [0.717, 1.165) is 31.2 Å². The topological polar surface area (TPSA) is 75.6 Å². The van der Waals surface area contributed by atoms with Crippen LogP contribution in [0.5, 0.6) is 0 Å². The summed E-state index contributed by atoms with van der Waals surface area (Å²) in [5.41, 5.74) is 2.38. The lowest BCUT2D eigenvalue weighted by molar-refractivity contribution is -0.117. The molecule has 5 heteroatoms. The summed E-state index contributed by atoms with van der Waals surface area (Å²) in [5.74, 6) is -0.707. The normalized spacial score (nSPS) is 21.0. The van der Waals surface area contributed by atoms with E-state index in [-0.39, 0.29) is 17.6 Å². The van der Waals surface area contributed by atoms with Gasteiger partial charge in [0, 0.05) is 19.2 Å². The van der Waals surface area contributed by atoms with Crippen LogP contribution in [0, 0.1) is 19.8 Å². The minimum Gasteiger partial charge on any atom is -0.478 e. The number of anilines is 1. The Bertz CT molecular complexity index is 597. The maximum atomic E-state index is 12.3. The fourth-order valence-corrected chi connectivity index (χ4v) is 3.32. The Morgan fingerprint density at radius 1 is 1.26 bits per heavy atom. The van der Waals surface area contributed by atoms with E-state index >= 15 is 0 Å². The molecule has 0 saturated heterocycles. The van der Waals surface area contributed by atoms with Gasteiger partial charge < -0.3 is 15.2 Å². The quantitative estimate of drug-likeness (QED) is 0.870. The second kappa shape index (κ2) is 7.59.